The highest BCUT2D eigenvalue weighted by atomic mass is 16.6. The number of amides is 1. The number of nitrogens with zero attached hydrogens (tertiary/aromatic N) is 2. The highest BCUT2D eigenvalue weighted by molar-refractivity contribution is 5.99. The lowest BCUT2D eigenvalue weighted by Gasteiger charge is -2.24. The van der Waals surface area contributed by atoms with E-state index in [0.29, 0.717) is 43.4 Å². The van der Waals surface area contributed by atoms with Crippen LogP contribution in [0.1, 0.15) is 39.2 Å². The molecule has 3 heterocycles. The van der Waals surface area contributed by atoms with Crippen molar-refractivity contribution in [2.24, 2.45) is 0 Å². The first-order chi connectivity index (χ1) is 17.5. The standard InChI is InChI=1S/C29H31N3O4/c1-19-20(2)31-26-8-7-23(14-25(19)26)29(33)32(17-22-5-4-11-30-15-22)16-21-6-9-27(28(13-21)34-3)36-24-10-12-35-18-24/h4-9,11,13-15,24,31H,10,12,16-18H2,1-3H3/t24-/m0/s1. The summed E-state index contributed by atoms with van der Waals surface area (Å²) in [5.41, 5.74) is 5.88. The van der Waals surface area contributed by atoms with Crippen LogP contribution in [-0.4, -0.2) is 47.2 Å². The van der Waals surface area contributed by atoms with Gasteiger partial charge in [0.05, 0.1) is 20.3 Å². The molecule has 1 aliphatic rings. The largest absolute Gasteiger partial charge is 0.493 e. The Hall–Kier alpha value is -3.84. The molecule has 36 heavy (non-hydrogen) atoms. The molecule has 0 unspecified atom stereocenters. The molecule has 5 rings (SSSR count). The molecule has 7 heteroatoms. The molecular weight excluding hydrogens is 454 g/mol. The molecule has 2 aromatic carbocycles. The Morgan fingerprint density at radius 3 is 2.72 bits per heavy atom. The lowest BCUT2D eigenvalue weighted by atomic mass is 10.1. The number of H-pyrrole nitrogens is 1. The van der Waals surface area contributed by atoms with E-state index < -0.39 is 0 Å². The molecule has 0 spiro atoms. The lowest BCUT2D eigenvalue weighted by molar-refractivity contribution is 0.0730. The monoisotopic (exact) mass is 485 g/mol. The highest BCUT2D eigenvalue weighted by Gasteiger charge is 2.21. The summed E-state index contributed by atoms with van der Waals surface area (Å²) in [5, 5.41) is 1.07. The number of carbonyl (C=O) groups excluding carboxylic acids is 1. The van der Waals surface area contributed by atoms with Gasteiger partial charge in [0.15, 0.2) is 11.5 Å². The number of hydrogen-bond acceptors (Lipinski definition) is 5. The van der Waals surface area contributed by atoms with Crippen LogP contribution in [0.3, 0.4) is 0 Å². The number of hydrogen-bond donors (Lipinski definition) is 1. The number of aromatic amines is 1. The van der Waals surface area contributed by atoms with Gasteiger partial charge in [0.2, 0.25) is 0 Å². The van der Waals surface area contributed by atoms with Crippen molar-refractivity contribution >= 4 is 16.8 Å². The SMILES string of the molecule is COc1cc(CN(Cc2cccnc2)C(=O)c2ccc3[nH]c(C)c(C)c3c2)ccc1O[C@H]1CCOC1. The van der Waals surface area contributed by atoms with Crippen molar-refractivity contribution in [2.75, 3.05) is 20.3 Å². The van der Waals surface area contributed by atoms with E-state index in [1.807, 2.05) is 60.4 Å². The first-order valence-corrected chi connectivity index (χ1v) is 12.2. The van der Waals surface area contributed by atoms with Gasteiger partial charge >= 0.3 is 0 Å². The summed E-state index contributed by atoms with van der Waals surface area (Å²) in [7, 11) is 1.63. The molecule has 7 nitrogen and oxygen atoms in total. The minimum atomic E-state index is -0.0404. The van der Waals surface area contributed by atoms with E-state index in [9.17, 15) is 4.79 Å². The van der Waals surface area contributed by atoms with Gasteiger partial charge in [-0.15, -0.1) is 0 Å². The van der Waals surface area contributed by atoms with Gasteiger partial charge in [0, 0.05) is 54.1 Å². The van der Waals surface area contributed by atoms with Crippen molar-refractivity contribution < 1.29 is 19.0 Å². The number of methoxy groups -OCH3 is 1. The van der Waals surface area contributed by atoms with Gasteiger partial charge in [-0.2, -0.15) is 0 Å². The molecule has 1 fully saturated rings. The second kappa shape index (κ2) is 10.4. The maximum absolute atomic E-state index is 13.8. The Morgan fingerprint density at radius 1 is 1.11 bits per heavy atom. The Kier molecular flexibility index (Phi) is 6.91. The number of aromatic nitrogens is 2. The Bertz CT molecular complexity index is 1360. The normalized spacial score (nSPS) is 15.2. The van der Waals surface area contributed by atoms with Crippen molar-refractivity contribution in [1.29, 1.82) is 0 Å². The van der Waals surface area contributed by atoms with Crippen LogP contribution in [0.5, 0.6) is 11.5 Å². The molecule has 2 aromatic heterocycles. The van der Waals surface area contributed by atoms with E-state index in [1.54, 1.807) is 19.5 Å². The summed E-state index contributed by atoms with van der Waals surface area (Å²) in [4.78, 5) is 23.2. The number of rotatable bonds is 8. The third-order valence-corrected chi connectivity index (χ3v) is 6.72. The maximum atomic E-state index is 13.8. The topological polar surface area (TPSA) is 76.7 Å². The molecule has 1 amide bonds. The zero-order valence-corrected chi connectivity index (χ0v) is 20.9. The molecule has 0 radical (unpaired) electrons. The van der Waals surface area contributed by atoms with E-state index in [-0.39, 0.29) is 12.0 Å². The fourth-order valence-electron chi connectivity index (χ4n) is 4.60. The Balaban J connectivity index is 1.43. The smallest absolute Gasteiger partial charge is 0.254 e. The average Bonchev–Trinajstić information content (AvgIpc) is 3.52. The summed E-state index contributed by atoms with van der Waals surface area (Å²) in [6.45, 7) is 6.28. The second-order valence-electron chi connectivity index (χ2n) is 9.25. The fraction of sp³-hybridized carbons (Fsp3) is 0.310. The molecule has 1 aliphatic heterocycles. The minimum absolute atomic E-state index is 0.0313. The molecule has 4 aromatic rings. The number of ether oxygens (including phenoxy) is 3. The molecule has 1 atom stereocenters. The summed E-state index contributed by atoms with van der Waals surface area (Å²) in [6.07, 6.45) is 4.43. The maximum Gasteiger partial charge on any atom is 0.254 e. The number of fused-ring (bicyclic) bond motifs is 1. The van der Waals surface area contributed by atoms with Crippen LogP contribution >= 0.6 is 0 Å². The van der Waals surface area contributed by atoms with E-state index >= 15 is 0 Å². The van der Waals surface area contributed by atoms with Crippen LogP contribution < -0.4 is 9.47 Å². The first-order valence-electron chi connectivity index (χ1n) is 12.2. The van der Waals surface area contributed by atoms with Crippen LogP contribution in [0.15, 0.2) is 60.9 Å². The fourth-order valence-corrected chi connectivity index (χ4v) is 4.60. The lowest BCUT2D eigenvalue weighted by Crippen LogP contribution is -2.30. The second-order valence-corrected chi connectivity index (χ2v) is 9.25. The summed E-state index contributed by atoms with van der Waals surface area (Å²) in [6, 6.07) is 15.6. The number of benzene rings is 2. The van der Waals surface area contributed by atoms with Crippen molar-refractivity contribution in [3.63, 3.8) is 0 Å². The van der Waals surface area contributed by atoms with Gasteiger partial charge in [-0.25, -0.2) is 0 Å². The quantitative estimate of drug-likeness (QED) is 0.371. The molecule has 0 saturated carbocycles. The molecule has 1 saturated heterocycles. The van der Waals surface area contributed by atoms with E-state index in [2.05, 4.69) is 16.9 Å². The van der Waals surface area contributed by atoms with Gasteiger partial charge < -0.3 is 24.1 Å². The van der Waals surface area contributed by atoms with E-state index in [0.717, 1.165) is 39.7 Å². The Labute approximate surface area is 211 Å². The Morgan fingerprint density at radius 2 is 1.97 bits per heavy atom. The van der Waals surface area contributed by atoms with Crippen LogP contribution in [0, 0.1) is 13.8 Å². The summed E-state index contributed by atoms with van der Waals surface area (Å²) < 4.78 is 17.1. The van der Waals surface area contributed by atoms with Crippen molar-refractivity contribution in [1.82, 2.24) is 14.9 Å². The van der Waals surface area contributed by atoms with Crippen molar-refractivity contribution in [3.8, 4) is 11.5 Å². The summed E-state index contributed by atoms with van der Waals surface area (Å²) in [5.74, 6) is 1.29. The van der Waals surface area contributed by atoms with Crippen LogP contribution in [0.25, 0.3) is 10.9 Å². The number of nitrogens with one attached hydrogen (secondary N) is 1. The highest BCUT2D eigenvalue weighted by Crippen LogP contribution is 2.31. The zero-order valence-electron chi connectivity index (χ0n) is 20.9. The molecule has 0 aliphatic carbocycles. The minimum Gasteiger partial charge on any atom is -0.493 e. The predicted octanol–water partition coefficient (Wildman–Crippen LogP) is 5.20. The van der Waals surface area contributed by atoms with Crippen molar-refractivity contribution in [3.05, 3.63) is 88.9 Å². The first kappa shape index (κ1) is 23.9. The number of aryl methyl sites for hydroxylation is 2. The van der Waals surface area contributed by atoms with Crippen LogP contribution in [-0.2, 0) is 17.8 Å². The zero-order chi connectivity index (χ0) is 25.1. The van der Waals surface area contributed by atoms with Gasteiger partial charge in [-0.05, 0) is 66.9 Å². The molecule has 0 bridgehead atoms. The van der Waals surface area contributed by atoms with Gasteiger partial charge in [-0.1, -0.05) is 12.1 Å². The van der Waals surface area contributed by atoms with Gasteiger partial charge in [0.25, 0.3) is 5.91 Å². The van der Waals surface area contributed by atoms with Gasteiger partial charge in [0.1, 0.15) is 6.10 Å². The van der Waals surface area contributed by atoms with Crippen LogP contribution in [0.4, 0.5) is 0 Å². The molecular formula is C29H31N3O4. The van der Waals surface area contributed by atoms with Gasteiger partial charge in [-0.3, -0.25) is 9.78 Å². The van der Waals surface area contributed by atoms with E-state index in [1.165, 1.54) is 0 Å². The molecule has 1 N–H and O–H groups in total. The third-order valence-electron chi connectivity index (χ3n) is 6.72. The summed E-state index contributed by atoms with van der Waals surface area (Å²) >= 11 is 0. The number of carbonyl (C=O) groups is 1. The predicted molar refractivity (Wildman–Crippen MR) is 138 cm³/mol. The van der Waals surface area contributed by atoms with Crippen LogP contribution in [0.2, 0.25) is 0 Å². The molecule has 186 valence electrons. The van der Waals surface area contributed by atoms with Crippen molar-refractivity contribution in [2.45, 2.75) is 39.5 Å². The average molecular weight is 486 g/mol. The van der Waals surface area contributed by atoms with E-state index in [4.69, 9.17) is 14.2 Å². The third kappa shape index (κ3) is 5.06. The number of pyridine rings is 1.